The average molecular weight is 350 g/mol. The maximum absolute atomic E-state index is 5.50. The zero-order valence-corrected chi connectivity index (χ0v) is 15.0. The van der Waals surface area contributed by atoms with Crippen molar-refractivity contribution in [3.8, 4) is 11.4 Å². The summed E-state index contributed by atoms with van der Waals surface area (Å²) in [7, 11) is 0. The Morgan fingerprint density at radius 1 is 1.04 bits per heavy atom. The standard InChI is InChI=1S/C19H22N6O/c1-13-3-4-15(11-21-13)23-19-20-8-5-17(24-19)18-12-22-14(2)25(18)16-6-9-26-10-7-16/h3-5,8,11-12,16H,6-7,9-10H2,1-2H3,(H,20,23,24). The monoisotopic (exact) mass is 350 g/mol. The third-order valence-electron chi connectivity index (χ3n) is 4.62. The van der Waals surface area contributed by atoms with Gasteiger partial charge in [-0.2, -0.15) is 0 Å². The summed E-state index contributed by atoms with van der Waals surface area (Å²) in [6, 6.07) is 6.24. The van der Waals surface area contributed by atoms with Gasteiger partial charge in [-0.3, -0.25) is 4.98 Å². The van der Waals surface area contributed by atoms with Crippen LogP contribution in [0.2, 0.25) is 0 Å². The van der Waals surface area contributed by atoms with Gasteiger partial charge in [-0.25, -0.2) is 15.0 Å². The Balaban J connectivity index is 1.63. The maximum atomic E-state index is 5.50. The molecule has 1 aliphatic rings. The molecule has 0 spiro atoms. The minimum Gasteiger partial charge on any atom is -0.381 e. The normalized spacial score (nSPS) is 15.2. The molecule has 0 aliphatic carbocycles. The van der Waals surface area contributed by atoms with Gasteiger partial charge >= 0.3 is 0 Å². The van der Waals surface area contributed by atoms with Gasteiger partial charge in [0.2, 0.25) is 5.95 Å². The SMILES string of the molecule is Cc1ccc(Nc2nccc(-c3cnc(C)n3C3CCOCC3)n2)cn1. The molecule has 0 amide bonds. The number of nitrogens with one attached hydrogen (secondary N) is 1. The zero-order valence-electron chi connectivity index (χ0n) is 15.0. The smallest absolute Gasteiger partial charge is 0.227 e. The Hall–Kier alpha value is -2.80. The van der Waals surface area contributed by atoms with E-state index < -0.39 is 0 Å². The number of anilines is 2. The molecule has 1 aliphatic heterocycles. The van der Waals surface area contributed by atoms with Crippen molar-refractivity contribution in [1.29, 1.82) is 0 Å². The van der Waals surface area contributed by atoms with Crippen molar-refractivity contribution in [3.05, 3.63) is 48.3 Å². The number of hydrogen-bond acceptors (Lipinski definition) is 6. The Kier molecular flexibility index (Phi) is 4.62. The molecule has 0 saturated carbocycles. The van der Waals surface area contributed by atoms with E-state index in [0.717, 1.165) is 54.6 Å². The number of aryl methyl sites for hydroxylation is 2. The second-order valence-corrected chi connectivity index (χ2v) is 6.48. The summed E-state index contributed by atoms with van der Waals surface area (Å²) in [6.07, 6.45) is 7.43. The van der Waals surface area contributed by atoms with E-state index in [2.05, 4.69) is 29.8 Å². The minimum atomic E-state index is 0.397. The van der Waals surface area contributed by atoms with Crippen LogP contribution in [0.25, 0.3) is 11.4 Å². The number of pyridine rings is 1. The van der Waals surface area contributed by atoms with Crippen LogP contribution in [0.15, 0.2) is 36.8 Å². The first-order valence-corrected chi connectivity index (χ1v) is 8.85. The highest BCUT2D eigenvalue weighted by Crippen LogP contribution is 2.29. The van der Waals surface area contributed by atoms with Gasteiger partial charge in [0.15, 0.2) is 0 Å². The van der Waals surface area contributed by atoms with Crippen molar-refractivity contribution < 1.29 is 4.74 Å². The molecule has 3 aromatic rings. The number of nitrogens with zero attached hydrogens (tertiary/aromatic N) is 5. The third-order valence-corrected chi connectivity index (χ3v) is 4.62. The van der Waals surface area contributed by atoms with E-state index >= 15 is 0 Å². The molecular weight excluding hydrogens is 328 g/mol. The summed E-state index contributed by atoms with van der Waals surface area (Å²) in [5.74, 6) is 1.55. The summed E-state index contributed by atoms with van der Waals surface area (Å²) in [6.45, 7) is 5.58. The molecule has 4 rings (SSSR count). The van der Waals surface area contributed by atoms with Crippen molar-refractivity contribution >= 4 is 11.6 Å². The lowest BCUT2D eigenvalue weighted by atomic mass is 10.1. The molecule has 134 valence electrons. The van der Waals surface area contributed by atoms with Crippen molar-refractivity contribution in [2.45, 2.75) is 32.7 Å². The highest BCUT2D eigenvalue weighted by molar-refractivity contribution is 5.59. The second-order valence-electron chi connectivity index (χ2n) is 6.48. The van der Waals surface area contributed by atoms with E-state index in [1.807, 2.05) is 38.2 Å². The molecule has 7 heteroatoms. The van der Waals surface area contributed by atoms with Gasteiger partial charge in [-0.1, -0.05) is 0 Å². The van der Waals surface area contributed by atoms with Gasteiger partial charge in [0.25, 0.3) is 0 Å². The van der Waals surface area contributed by atoms with Crippen LogP contribution in [0.5, 0.6) is 0 Å². The number of aromatic nitrogens is 5. The van der Waals surface area contributed by atoms with Gasteiger partial charge in [-0.15, -0.1) is 0 Å². The maximum Gasteiger partial charge on any atom is 0.227 e. The molecule has 4 heterocycles. The fraction of sp³-hybridized carbons (Fsp3) is 0.368. The third kappa shape index (κ3) is 3.43. The first kappa shape index (κ1) is 16.7. The molecule has 1 N–H and O–H groups in total. The molecule has 0 atom stereocenters. The summed E-state index contributed by atoms with van der Waals surface area (Å²) in [4.78, 5) is 17.8. The van der Waals surface area contributed by atoms with Gasteiger partial charge in [0.05, 0.1) is 29.5 Å². The zero-order chi connectivity index (χ0) is 17.9. The van der Waals surface area contributed by atoms with E-state index in [4.69, 9.17) is 4.74 Å². The molecule has 0 radical (unpaired) electrons. The van der Waals surface area contributed by atoms with Crippen molar-refractivity contribution in [2.75, 3.05) is 18.5 Å². The van der Waals surface area contributed by atoms with Crippen LogP contribution >= 0.6 is 0 Å². The van der Waals surface area contributed by atoms with Crippen molar-refractivity contribution in [3.63, 3.8) is 0 Å². The number of rotatable bonds is 4. The predicted molar refractivity (Wildman–Crippen MR) is 99.3 cm³/mol. The van der Waals surface area contributed by atoms with E-state index in [1.165, 1.54) is 0 Å². The fourth-order valence-corrected chi connectivity index (χ4v) is 3.28. The molecule has 0 bridgehead atoms. The van der Waals surface area contributed by atoms with E-state index in [1.54, 1.807) is 12.4 Å². The molecular formula is C19H22N6O. The molecule has 1 saturated heterocycles. The molecule has 26 heavy (non-hydrogen) atoms. The lowest BCUT2D eigenvalue weighted by Gasteiger charge is -2.26. The van der Waals surface area contributed by atoms with Crippen LogP contribution in [0.4, 0.5) is 11.6 Å². The van der Waals surface area contributed by atoms with Crippen LogP contribution < -0.4 is 5.32 Å². The Labute approximate surface area is 152 Å². The quantitative estimate of drug-likeness (QED) is 0.776. The lowest BCUT2D eigenvalue weighted by molar-refractivity contribution is 0.0694. The topological polar surface area (TPSA) is 77.8 Å². The molecule has 1 fully saturated rings. The van der Waals surface area contributed by atoms with Crippen LogP contribution in [0.3, 0.4) is 0 Å². The molecule has 0 unspecified atom stereocenters. The number of imidazole rings is 1. The highest BCUT2D eigenvalue weighted by atomic mass is 16.5. The van der Waals surface area contributed by atoms with Crippen LogP contribution in [0.1, 0.15) is 30.4 Å². The first-order valence-electron chi connectivity index (χ1n) is 8.85. The lowest BCUT2D eigenvalue weighted by Crippen LogP contribution is -2.21. The van der Waals surface area contributed by atoms with E-state index in [9.17, 15) is 0 Å². The van der Waals surface area contributed by atoms with E-state index in [-0.39, 0.29) is 0 Å². The van der Waals surface area contributed by atoms with Crippen LogP contribution in [-0.4, -0.2) is 37.7 Å². The summed E-state index contributed by atoms with van der Waals surface area (Å²) < 4.78 is 7.78. The van der Waals surface area contributed by atoms with Gasteiger partial charge < -0.3 is 14.6 Å². The average Bonchev–Trinajstić information content (AvgIpc) is 3.06. The minimum absolute atomic E-state index is 0.397. The summed E-state index contributed by atoms with van der Waals surface area (Å²) in [5, 5.41) is 3.21. The number of ether oxygens (including phenoxy) is 1. The molecule has 3 aromatic heterocycles. The van der Waals surface area contributed by atoms with Crippen molar-refractivity contribution in [2.24, 2.45) is 0 Å². The van der Waals surface area contributed by atoms with E-state index in [0.29, 0.717) is 12.0 Å². The van der Waals surface area contributed by atoms with Gasteiger partial charge in [0, 0.05) is 31.1 Å². The van der Waals surface area contributed by atoms with Crippen LogP contribution in [-0.2, 0) is 4.74 Å². The first-order chi connectivity index (χ1) is 12.7. The van der Waals surface area contributed by atoms with Crippen LogP contribution in [0, 0.1) is 13.8 Å². The molecule has 7 nitrogen and oxygen atoms in total. The Morgan fingerprint density at radius 2 is 1.88 bits per heavy atom. The Bertz CT molecular complexity index is 883. The van der Waals surface area contributed by atoms with Gasteiger partial charge in [0.1, 0.15) is 5.82 Å². The summed E-state index contributed by atoms with van der Waals surface area (Å²) in [5.41, 5.74) is 3.71. The molecule has 0 aromatic carbocycles. The summed E-state index contributed by atoms with van der Waals surface area (Å²) >= 11 is 0. The Morgan fingerprint density at radius 3 is 2.65 bits per heavy atom. The number of hydrogen-bond donors (Lipinski definition) is 1. The van der Waals surface area contributed by atoms with Gasteiger partial charge in [-0.05, 0) is 44.9 Å². The predicted octanol–water partition coefficient (Wildman–Crippen LogP) is 3.45. The second kappa shape index (κ2) is 7.21. The fourth-order valence-electron chi connectivity index (χ4n) is 3.28. The van der Waals surface area contributed by atoms with Crippen molar-refractivity contribution in [1.82, 2.24) is 24.5 Å². The largest absolute Gasteiger partial charge is 0.381 e. The highest BCUT2D eigenvalue weighted by Gasteiger charge is 2.21.